The van der Waals surface area contributed by atoms with E-state index in [1.807, 2.05) is 40.3 Å². The Hall–Kier alpha value is -2.99. The van der Waals surface area contributed by atoms with Crippen LogP contribution in [0, 0.1) is 0 Å². The summed E-state index contributed by atoms with van der Waals surface area (Å²) in [6.45, 7) is 0.228. The van der Waals surface area contributed by atoms with Gasteiger partial charge in [0.2, 0.25) is 5.91 Å². The second-order valence-electron chi connectivity index (χ2n) is 6.74. The van der Waals surface area contributed by atoms with E-state index in [1.165, 1.54) is 22.5 Å². The van der Waals surface area contributed by atoms with Crippen molar-refractivity contribution < 1.29 is 4.79 Å². The quantitative estimate of drug-likeness (QED) is 0.588. The molecule has 2 heterocycles. The van der Waals surface area contributed by atoms with Gasteiger partial charge in [-0.25, -0.2) is 9.97 Å². The molecule has 5 nitrogen and oxygen atoms in total. The Morgan fingerprint density at radius 2 is 2.04 bits per heavy atom. The molecule has 0 aliphatic heterocycles. The molecule has 4 aromatic rings. The summed E-state index contributed by atoms with van der Waals surface area (Å²) < 4.78 is 1.96. The molecule has 6 heteroatoms. The number of hydrogen-bond donors (Lipinski definition) is 1. The van der Waals surface area contributed by atoms with Crippen molar-refractivity contribution in [1.29, 1.82) is 0 Å². The zero-order chi connectivity index (χ0) is 18.2. The lowest BCUT2D eigenvalue weighted by atomic mass is 10.1. The first-order valence-corrected chi connectivity index (χ1v) is 9.95. The molecule has 1 unspecified atom stereocenters. The van der Waals surface area contributed by atoms with Gasteiger partial charge in [0, 0.05) is 5.38 Å². The standard InChI is InChI=1S/C21H18N4OS/c26-20(23-16-10-9-14-5-1-2-6-15(14)16)11-25-19-8-4-3-7-17(19)24-21(25)18-12-27-13-22-18/h1-8,12-13,16H,9-11H2,(H,23,26). The largest absolute Gasteiger partial charge is 0.348 e. The minimum absolute atomic E-state index is 0.00339. The highest BCUT2D eigenvalue weighted by molar-refractivity contribution is 7.07. The Kier molecular flexibility index (Phi) is 3.98. The van der Waals surface area contributed by atoms with Gasteiger partial charge in [-0.15, -0.1) is 11.3 Å². The van der Waals surface area contributed by atoms with Crippen molar-refractivity contribution in [3.05, 3.63) is 70.5 Å². The summed E-state index contributed by atoms with van der Waals surface area (Å²) in [5, 5.41) is 5.17. The van der Waals surface area contributed by atoms with E-state index in [-0.39, 0.29) is 18.5 Å². The number of imidazole rings is 1. The molecule has 27 heavy (non-hydrogen) atoms. The third-order valence-electron chi connectivity index (χ3n) is 5.09. The summed E-state index contributed by atoms with van der Waals surface area (Å²) in [6.07, 6.45) is 1.97. The Balaban J connectivity index is 1.45. The van der Waals surface area contributed by atoms with Gasteiger partial charge in [0.15, 0.2) is 5.82 Å². The van der Waals surface area contributed by atoms with Gasteiger partial charge in [0.1, 0.15) is 12.2 Å². The van der Waals surface area contributed by atoms with E-state index in [1.54, 1.807) is 5.51 Å². The number of fused-ring (bicyclic) bond motifs is 2. The number of aromatic nitrogens is 3. The van der Waals surface area contributed by atoms with Gasteiger partial charge in [-0.2, -0.15) is 0 Å². The average Bonchev–Trinajstić information content (AvgIpc) is 3.42. The number of carbonyl (C=O) groups is 1. The van der Waals surface area contributed by atoms with Gasteiger partial charge < -0.3 is 9.88 Å². The van der Waals surface area contributed by atoms with E-state index in [0.717, 1.165) is 35.4 Å². The molecule has 2 aromatic carbocycles. The van der Waals surface area contributed by atoms with Crippen molar-refractivity contribution in [1.82, 2.24) is 19.9 Å². The number of carbonyl (C=O) groups excluding carboxylic acids is 1. The van der Waals surface area contributed by atoms with Crippen molar-refractivity contribution in [2.75, 3.05) is 0 Å². The zero-order valence-electron chi connectivity index (χ0n) is 14.6. The van der Waals surface area contributed by atoms with Crippen molar-refractivity contribution in [3.8, 4) is 11.5 Å². The fourth-order valence-corrected chi connectivity index (χ4v) is 4.38. The first kappa shape index (κ1) is 16.2. The fourth-order valence-electron chi connectivity index (χ4n) is 3.84. The molecule has 134 valence electrons. The molecular formula is C21H18N4OS. The topological polar surface area (TPSA) is 59.8 Å². The highest BCUT2D eigenvalue weighted by Gasteiger charge is 2.24. The van der Waals surface area contributed by atoms with Crippen molar-refractivity contribution in [3.63, 3.8) is 0 Å². The molecule has 1 N–H and O–H groups in total. The summed E-state index contributed by atoms with van der Waals surface area (Å²) in [5.41, 5.74) is 6.98. The number of aryl methyl sites for hydroxylation is 1. The van der Waals surface area contributed by atoms with Gasteiger partial charge in [-0.3, -0.25) is 4.79 Å². The average molecular weight is 374 g/mol. The Morgan fingerprint density at radius 3 is 2.93 bits per heavy atom. The highest BCUT2D eigenvalue weighted by Crippen LogP contribution is 2.31. The van der Waals surface area contributed by atoms with Gasteiger partial charge in [-0.05, 0) is 36.1 Å². The van der Waals surface area contributed by atoms with Crippen LogP contribution in [0.2, 0.25) is 0 Å². The monoisotopic (exact) mass is 374 g/mol. The smallest absolute Gasteiger partial charge is 0.240 e. The second-order valence-corrected chi connectivity index (χ2v) is 7.46. The van der Waals surface area contributed by atoms with Gasteiger partial charge in [0.25, 0.3) is 0 Å². The SMILES string of the molecule is O=C(Cn1c(-c2cscn2)nc2ccccc21)NC1CCc2ccccc21. The summed E-state index contributed by atoms with van der Waals surface area (Å²) in [5.74, 6) is 0.732. The summed E-state index contributed by atoms with van der Waals surface area (Å²) in [7, 11) is 0. The van der Waals surface area contributed by atoms with Crippen LogP contribution in [-0.2, 0) is 17.8 Å². The zero-order valence-corrected chi connectivity index (χ0v) is 15.4. The van der Waals surface area contributed by atoms with Crippen LogP contribution in [0.25, 0.3) is 22.6 Å². The molecule has 0 spiro atoms. The molecule has 5 rings (SSSR count). The maximum atomic E-state index is 12.9. The first-order chi connectivity index (χ1) is 13.3. The lowest BCUT2D eigenvalue weighted by Crippen LogP contribution is -2.30. The number of para-hydroxylation sites is 2. The van der Waals surface area contributed by atoms with E-state index < -0.39 is 0 Å². The van der Waals surface area contributed by atoms with Crippen LogP contribution in [0.1, 0.15) is 23.6 Å². The molecule has 0 saturated heterocycles. The minimum Gasteiger partial charge on any atom is -0.348 e. The highest BCUT2D eigenvalue weighted by atomic mass is 32.1. The van der Waals surface area contributed by atoms with Gasteiger partial charge in [0.05, 0.1) is 22.6 Å². The predicted molar refractivity (Wildman–Crippen MR) is 106 cm³/mol. The van der Waals surface area contributed by atoms with Crippen molar-refractivity contribution >= 4 is 28.3 Å². The van der Waals surface area contributed by atoms with Crippen LogP contribution in [0.5, 0.6) is 0 Å². The van der Waals surface area contributed by atoms with Crippen LogP contribution in [0.4, 0.5) is 0 Å². The molecule has 0 saturated carbocycles. The van der Waals surface area contributed by atoms with Crippen LogP contribution in [0.3, 0.4) is 0 Å². The Labute approximate surface area is 160 Å². The number of nitrogens with zero attached hydrogens (tertiary/aromatic N) is 3. The van der Waals surface area contributed by atoms with Crippen LogP contribution in [0.15, 0.2) is 59.4 Å². The number of nitrogens with one attached hydrogen (secondary N) is 1. The lowest BCUT2D eigenvalue weighted by molar-refractivity contribution is -0.122. The molecular weight excluding hydrogens is 356 g/mol. The molecule has 0 bridgehead atoms. The molecule has 1 amide bonds. The third-order valence-corrected chi connectivity index (χ3v) is 5.67. The van der Waals surface area contributed by atoms with Gasteiger partial charge >= 0.3 is 0 Å². The molecule has 0 fully saturated rings. The number of rotatable bonds is 4. The van der Waals surface area contributed by atoms with Crippen LogP contribution in [-0.4, -0.2) is 20.4 Å². The maximum absolute atomic E-state index is 12.9. The van der Waals surface area contributed by atoms with E-state index >= 15 is 0 Å². The number of amides is 1. The third kappa shape index (κ3) is 2.92. The number of benzene rings is 2. The number of hydrogen-bond acceptors (Lipinski definition) is 4. The summed E-state index contributed by atoms with van der Waals surface area (Å²) >= 11 is 1.53. The minimum atomic E-state index is -0.00339. The van der Waals surface area contributed by atoms with Crippen LogP contribution >= 0.6 is 11.3 Å². The van der Waals surface area contributed by atoms with Crippen LogP contribution < -0.4 is 5.32 Å². The maximum Gasteiger partial charge on any atom is 0.240 e. The molecule has 1 atom stereocenters. The van der Waals surface area contributed by atoms with E-state index in [2.05, 4.69) is 28.5 Å². The van der Waals surface area contributed by atoms with Gasteiger partial charge in [-0.1, -0.05) is 36.4 Å². The number of thiazole rings is 1. The first-order valence-electron chi connectivity index (χ1n) is 9.00. The van der Waals surface area contributed by atoms with Crippen molar-refractivity contribution in [2.24, 2.45) is 0 Å². The molecule has 2 aromatic heterocycles. The second kappa shape index (κ2) is 6.63. The van der Waals surface area contributed by atoms with Crippen molar-refractivity contribution in [2.45, 2.75) is 25.4 Å². The normalized spacial score (nSPS) is 15.8. The molecule has 1 aliphatic carbocycles. The lowest BCUT2D eigenvalue weighted by Gasteiger charge is -2.15. The Bertz CT molecular complexity index is 1120. The van der Waals surface area contributed by atoms with E-state index in [4.69, 9.17) is 4.98 Å². The summed E-state index contributed by atoms with van der Waals surface area (Å²) in [4.78, 5) is 22.0. The van der Waals surface area contributed by atoms with E-state index in [9.17, 15) is 4.79 Å². The Morgan fingerprint density at radius 1 is 1.19 bits per heavy atom. The van der Waals surface area contributed by atoms with E-state index in [0.29, 0.717) is 0 Å². The predicted octanol–water partition coefficient (Wildman–Crippen LogP) is 3.96. The molecule has 1 aliphatic rings. The fraction of sp³-hybridized carbons (Fsp3) is 0.190. The summed E-state index contributed by atoms with van der Waals surface area (Å²) in [6, 6.07) is 16.3. The molecule has 0 radical (unpaired) electrons.